The second-order valence-corrected chi connectivity index (χ2v) is 11.2. The van der Waals surface area contributed by atoms with Gasteiger partial charge in [0, 0.05) is 25.6 Å². The Balaban J connectivity index is 1.21. The minimum absolute atomic E-state index is 0.0938. The van der Waals surface area contributed by atoms with Crippen LogP contribution in [0.15, 0.2) is 65.5 Å². The molecule has 6 rings (SSSR count). The summed E-state index contributed by atoms with van der Waals surface area (Å²) in [5.41, 5.74) is 2.07. The number of para-hydroxylation sites is 1. The van der Waals surface area contributed by atoms with Gasteiger partial charge in [-0.05, 0) is 80.9 Å². The Morgan fingerprint density at radius 3 is 2.43 bits per heavy atom. The number of carbonyl (C=O) groups is 2. The van der Waals surface area contributed by atoms with Gasteiger partial charge in [0.2, 0.25) is 0 Å². The molecule has 2 aliphatic rings. The lowest BCUT2D eigenvalue weighted by Gasteiger charge is -2.19. The second-order valence-electron chi connectivity index (χ2n) is 11.2. The van der Waals surface area contributed by atoms with E-state index in [2.05, 4.69) is 11.9 Å². The number of benzene rings is 3. The Bertz CT molecular complexity index is 1780. The number of amides is 2. The van der Waals surface area contributed by atoms with E-state index in [1.165, 1.54) is 4.90 Å². The summed E-state index contributed by atoms with van der Waals surface area (Å²) >= 11 is 0. The molecule has 2 amide bonds. The smallest absolute Gasteiger partial charge is 0.261 e. The number of hydrogen-bond donors (Lipinski definition) is 0. The summed E-state index contributed by atoms with van der Waals surface area (Å²) in [5, 5.41) is 0.514. The molecule has 1 unspecified atom stereocenters. The number of methoxy groups -OCH3 is 2. The van der Waals surface area contributed by atoms with E-state index in [0.717, 1.165) is 24.9 Å². The van der Waals surface area contributed by atoms with Crippen LogP contribution in [-0.4, -0.2) is 78.2 Å². The number of ether oxygens (including phenoxy) is 3. The number of nitrogens with zero attached hydrogens (tertiary/aromatic N) is 4. The largest absolute Gasteiger partial charge is 0.493 e. The van der Waals surface area contributed by atoms with E-state index in [0.29, 0.717) is 70.7 Å². The normalized spacial score (nSPS) is 16.5. The van der Waals surface area contributed by atoms with Crippen molar-refractivity contribution in [1.29, 1.82) is 0 Å². The zero-order chi connectivity index (χ0) is 30.8. The fourth-order valence-electron chi connectivity index (χ4n) is 6.07. The van der Waals surface area contributed by atoms with Crippen LogP contribution in [0.1, 0.15) is 44.9 Å². The summed E-state index contributed by atoms with van der Waals surface area (Å²) in [7, 11) is 5.25. The molecule has 0 spiro atoms. The van der Waals surface area contributed by atoms with Crippen molar-refractivity contribution < 1.29 is 23.8 Å². The minimum atomic E-state index is -0.367. The molecule has 3 aromatic carbocycles. The van der Waals surface area contributed by atoms with Gasteiger partial charge >= 0.3 is 0 Å². The van der Waals surface area contributed by atoms with E-state index in [1.807, 2.05) is 30.3 Å². The number of likely N-dealkylation sites (tertiary alicyclic amines) is 1. The van der Waals surface area contributed by atoms with Crippen LogP contribution in [0.3, 0.4) is 0 Å². The van der Waals surface area contributed by atoms with Crippen molar-refractivity contribution in [3.63, 3.8) is 0 Å². The summed E-state index contributed by atoms with van der Waals surface area (Å²) in [6.07, 6.45) is 3.00. The van der Waals surface area contributed by atoms with E-state index in [9.17, 15) is 14.4 Å². The summed E-state index contributed by atoms with van der Waals surface area (Å²) in [5.74, 6) is 1.60. The summed E-state index contributed by atoms with van der Waals surface area (Å²) in [6, 6.07) is 18.3. The lowest BCUT2D eigenvalue weighted by molar-refractivity contribution is 0.0655. The maximum absolute atomic E-state index is 13.6. The summed E-state index contributed by atoms with van der Waals surface area (Å²) < 4.78 is 18.4. The molecule has 4 aromatic rings. The molecule has 1 atom stereocenters. The third-order valence-electron chi connectivity index (χ3n) is 8.63. The second kappa shape index (κ2) is 12.5. The first-order valence-corrected chi connectivity index (χ1v) is 14.9. The maximum Gasteiger partial charge on any atom is 0.261 e. The van der Waals surface area contributed by atoms with Crippen LogP contribution in [0, 0.1) is 0 Å². The van der Waals surface area contributed by atoms with Crippen molar-refractivity contribution in [1.82, 2.24) is 19.4 Å². The molecular weight excluding hydrogens is 560 g/mol. The van der Waals surface area contributed by atoms with E-state index >= 15 is 0 Å². The number of fused-ring (bicyclic) bond motifs is 2. The van der Waals surface area contributed by atoms with Gasteiger partial charge in [-0.1, -0.05) is 18.2 Å². The van der Waals surface area contributed by atoms with E-state index < -0.39 is 0 Å². The van der Waals surface area contributed by atoms with Gasteiger partial charge in [0.05, 0.1) is 36.2 Å². The maximum atomic E-state index is 13.6. The Morgan fingerprint density at radius 2 is 1.66 bits per heavy atom. The molecule has 10 nitrogen and oxygen atoms in total. The highest BCUT2D eigenvalue weighted by Crippen LogP contribution is 2.29. The van der Waals surface area contributed by atoms with Crippen molar-refractivity contribution >= 4 is 22.7 Å². The number of aromatic nitrogens is 2. The van der Waals surface area contributed by atoms with Crippen LogP contribution >= 0.6 is 0 Å². The van der Waals surface area contributed by atoms with E-state index in [1.54, 1.807) is 49.1 Å². The third-order valence-corrected chi connectivity index (χ3v) is 8.63. The topological polar surface area (TPSA) is 103 Å². The Morgan fingerprint density at radius 1 is 0.864 bits per heavy atom. The SMILES string of the molecule is COc1ccc(CCn2c(CCN3C(=O)c4ccc(OCC5CCCN5C)cc4C3=O)nc3ccccc3c2=O)cc1OC. The highest BCUT2D eigenvalue weighted by Gasteiger charge is 2.36. The van der Waals surface area contributed by atoms with E-state index in [-0.39, 0.29) is 30.3 Å². The van der Waals surface area contributed by atoms with Gasteiger partial charge in [0.1, 0.15) is 18.2 Å². The van der Waals surface area contributed by atoms with E-state index in [4.69, 9.17) is 19.2 Å². The molecule has 10 heteroatoms. The first-order valence-electron chi connectivity index (χ1n) is 14.9. The van der Waals surface area contributed by atoms with Crippen LogP contribution in [0.2, 0.25) is 0 Å². The molecule has 1 fully saturated rings. The first kappa shape index (κ1) is 29.4. The predicted molar refractivity (Wildman–Crippen MR) is 166 cm³/mol. The van der Waals surface area contributed by atoms with Crippen LogP contribution in [0.4, 0.5) is 0 Å². The minimum Gasteiger partial charge on any atom is -0.493 e. The Hall–Kier alpha value is -4.70. The van der Waals surface area contributed by atoms with Crippen LogP contribution in [-0.2, 0) is 19.4 Å². The quantitative estimate of drug-likeness (QED) is 0.240. The van der Waals surface area contributed by atoms with Gasteiger partial charge in [-0.15, -0.1) is 0 Å². The first-order chi connectivity index (χ1) is 21.4. The van der Waals surface area contributed by atoms with Gasteiger partial charge < -0.3 is 19.1 Å². The molecule has 3 heterocycles. The van der Waals surface area contributed by atoms with Crippen molar-refractivity contribution in [2.45, 2.75) is 38.3 Å². The van der Waals surface area contributed by atoms with Crippen molar-refractivity contribution in [2.24, 2.45) is 0 Å². The number of aryl methyl sites for hydroxylation is 1. The molecule has 44 heavy (non-hydrogen) atoms. The van der Waals surface area contributed by atoms with Gasteiger partial charge in [-0.2, -0.15) is 0 Å². The fraction of sp³-hybridized carbons (Fsp3) is 0.353. The molecule has 0 bridgehead atoms. The molecule has 228 valence electrons. The van der Waals surface area contributed by atoms with Crippen molar-refractivity contribution in [3.05, 3.63) is 93.5 Å². The number of likely N-dealkylation sites (N-methyl/N-ethyl adjacent to an activating group) is 1. The Kier molecular flexibility index (Phi) is 8.34. The van der Waals surface area contributed by atoms with Crippen molar-refractivity contribution in [3.8, 4) is 17.2 Å². The van der Waals surface area contributed by atoms with Crippen LogP contribution < -0.4 is 19.8 Å². The fourth-order valence-corrected chi connectivity index (χ4v) is 6.07. The standard InChI is InChI=1S/C34H36N4O6/c1-36-16-6-7-23(36)21-44-24-11-12-25-27(20-24)34(41)38(32(25)39)18-15-31-35-28-9-5-4-8-26(28)33(40)37(31)17-14-22-10-13-29(42-2)30(19-22)43-3/h4-5,8-13,19-20,23H,6-7,14-18,21H2,1-3H3. The lowest BCUT2D eigenvalue weighted by Crippen LogP contribution is -2.34. The Labute approximate surface area is 255 Å². The molecule has 0 N–H and O–H groups in total. The molecule has 1 aromatic heterocycles. The monoisotopic (exact) mass is 596 g/mol. The molecule has 0 radical (unpaired) electrons. The number of hydrogen-bond acceptors (Lipinski definition) is 8. The average molecular weight is 597 g/mol. The zero-order valence-corrected chi connectivity index (χ0v) is 25.2. The van der Waals surface area contributed by atoms with Crippen LogP contribution in [0.25, 0.3) is 10.9 Å². The van der Waals surface area contributed by atoms with Gasteiger partial charge in [-0.25, -0.2) is 4.98 Å². The van der Waals surface area contributed by atoms with Gasteiger partial charge in [0.25, 0.3) is 17.4 Å². The third kappa shape index (κ3) is 5.65. The molecule has 0 aliphatic carbocycles. The van der Waals surface area contributed by atoms with Gasteiger partial charge in [0.15, 0.2) is 11.5 Å². The van der Waals surface area contributed by atoms with Crippen molar-refractivity contribution in [2.75, 3.05) is 41.0 Å². The number of imide groups is 1. The lowest BCUT2D eigenvalue weighted by atomic mass is 10.1. The van der Waals surface area contributed by atoms with Gasteiger partial charge in [-0.3, -0.25) is 23.9 Å². The summed E-state index contributed by atoms with van der Waals surface area (Å²) in [4.78, 5) is 48.6. The molecular formula is C34H36N4O6. The highest BCUT2D eigenvalue weighted by atomic mass is 16.5. The summed E-state index contributed by atoms with van der Waals surface area (Å²) in [6.45, 7) is 2.04. The zero-order valence-electron chi connectivity index (χ0n) is 25.2. The molecule has 1 saturated heterocycles. The molecule has 2 aliphatic heterocycles. The van der Waals surface area contributed by atoms with Crippen LogP contribution in [0.5, 0.6) is 17.2 Å². The highest BCUT2D eigenvalue weighted by molar-refractivity contribution is 6.21. The average Bonchev–Trinajstić information content (AvgIpc) is 3.56. The molecule has 0 saturated carbocycles. The predicted octanol–water partition coefficient (Wildman–Crippen LogP) is 3.97. The number of carbonyl (C=O) groups excluding carboxylic acids is 2. The number of rotatable bonds is 11.